The SMILES string of the molecule is C=CC1=C(C)C2=NC1=CC1=NC(=CC3=C(C)C(=C(O)CCCCCC(=O)CCCC(=O)Oc4ccc(/C=C/C(=O)CC(=O)/C=C/c5ccc(O)c(C)c5)cc4C)C(=N3)C(CC(=O)OC)=C3NC(=C2)C(C)C3CCC(=O)OC)C(CC)=C1C. The molecule has 2 unspecified atom stereocenters. The van der Waals surface area contributed by atoms with Crippen LogP contribution in [0.5, 0.6) is 11.5 Å². The molecule has 8 bridgehead atoms. The number of carbonyl (C=O) groups excluding carboxylic acids is 6. The van der Waals surface area contributed by atoms with Crippen molar-refractivity contribution in [3.8, 4) is 11.5 Å². The van der Waals surface area contributed by atoms with Gasteiger partial charge in [0.1, 0.15) is 23.0 Å². The van der Waals surface area contributed by atoms with Gasteiger partial charge >= 0.3 is 17.9 Å². The zero-order valence-electron chi connectivity index (χ0n) is 48.5. The maximum Gasteiger partial charge on any atom is 0.311 e. The highest BCUT2D eigenvalue weighted by molar-refractivity contribution is 6.20. The maximum absolute atomic E-state index is 13.5. The number of nitrogens with one attached hydrogen (secondary N) is 1. The van der Waals surface area contributed by atoms with Crippen LogP contribution < -0.4 is 10.1 Å². The fourth-order valence-electron chi connectivity index (χ4n) is 10.7. The molecule has 15 nitrogen and oxygen atoms in total. The number of phenols is 1. The summed E-state index contributed by atoms with van der Waals surface area (Å²) in [7, 11) is 2.69. The third kappa shape index (κ3) is 14.8. The Bertz CT molecular complexity index is 3430. The number of Topliss-reactive ketones (excluding diaryl/α,β-unsaturated/α-hetero) is 1. The van der Waals surface area contributed by atoms with Gasteiger partial charge in [-0.25, -0.2) is 15.0 Å². The number of fused-ring (bicyclic) bond motifs is 5. The number of carbonyl (C=O) groups is 6. The Labute approximate surface area is 480 Å². The molecule has 428 valence electrons. The zero-order chi connectivity index (χ0) is 59.4. The van der Waals surface area contributed by atoms with E-state index in [1.54, 1.807) is 62.4 Å². The number of aliphatic imine (C=N–C) groups is 3. The van der Waals surface area contributed by atoms with E-state index in [9.17, 15) is 39.0 Å². The molecule has 0 spiro atoms. The molecule has 0 saturated carbocycles. The van der Waals surface area contributed by atoms with Gasteiger partial charge in [0.15, 0.2) is 11.6 Å². The molecule has 1 fully saturated rings. The van der Waals surface area contributed by atoms with Gasteiger partial charge in [0.25, 0.3) is 0 Å². The van der Waals surface area contributed by atoms with Crippen molar-refractivity contribution in [2.24, 2.45) is 26.8 Å². The van der Waals surface area contributed by atoms with Crippen LogP contribution in [-0.4, -0.2) is 76.8 Å². The summed E-state index contributed by atoms with van der Waals surface area (Å²) in [5.41, 5.74) is 13.9. The topological polar surface area (TPSA) is 220 Å². The third-order valence-corrected chi connectivity index (χ3v) is 15.5. The number of aliphatic hydroxyl groups excluding tert-OH is 1. The van der Waals surface area contributed by atoms with E-state index in [1.165, 1.54) is 26.4 Å². The number of aromatic hydroxyl groups is 1. The highest BCUT2D eigenvalue weighted by Crippen LogP contribution is 2.44. The number of hydrogen-bond donors (Lipinski definition) is 3. The Kier molecular flexibility index (Phi) is 20.6. The molecule has 2 aromatic carbocycles. The van der Waals surface area contributed by atoms with Gasteiger partial charge in [0.05, 0.1) is 61.3 Å². The standard InChI is InChI=1S/C67H74N4O11/c1-11-49-40(5)53-35-55-42(7)51(27-30-62(77)80-9)66(70-55)52(34-64(79)81-10)67-65(43(8)56(71-67)37-58-50(12-2)41(6)54(69-58)36-57(49)68-53)60(76)19-15-13-14-17-46(72)18-16-20-63(78)82-61-29-24-45(32-39(61)4)22-26-48(74)33-47(73)25-21-44-23-28-59(75)38(3)31-44/h11,21-26,28-29,31-32,35-37,42,51,70,75-76H,1,12-20,27,30,33-34H2,2-10H3/b25-21+,26-22+,55-35?,57-36?,58-37?,65-60?,66-52?. The number of unbranched alkanes of at least 4 members (excludes halogenated alkanes) is 2. The average molecular weight is 1110 g/mol. The Balaban J connectivity index is 1.00. The second-order valence-corrected chi connectivity index (χ2v) is 21.2. The number of aryl methyl sites for hydroxylation is 2. The highest BCUT2D eigenvalue weighted by Gasteiger charge is 2.39. The fraction of sp³-hybridized carbons (Fsp3) is 0.358. The molecule has 15 heteroatoms. The van der Waals surface area contributed by atoms with Crippen LogP contribution in [-0.2, 0) is 38.2 Å². The summed E-state index contributed by atoms with van der Waals surface area (Å²) in [6.07, 6.45) is 17.3. The monoisotopic (exact) mass is 1110 g/mol. The lowest BCUT2D eigenvalue weighted by atomic mass is 9.84. The molecule has 5 aliphatic rings. The molecule has 2 aromatic rings. The van der Waals surface area contributed by atoms with Crippen LogP contribution in [0.4, 0.5) is 0 Å². The van der Waals surface area contributed by atoms with E-state index in [1.807, 2.05) is 45.1 Å². The minimum absolute atomic E-state index is 0.0175. The van der Waals surface area contributed by atoms with Crippen LogP contribution >= 0.6 is 0 Å². The van der Waals surface area contributed by atoms with Crippen molar-refractivity contribution in [3.63, 3.8) is 0 Å². The van der Waals surface area contributed by atoms with E-state index < -0.39 is 11.9 Å². The maximum atomic E-state index is 13.5. The van der Waals surface area contributed by atoms with Crippen LogP contribution in [0.3, 0.4) is 0 Å². The summed E-state index contributed by atoms with van der Waals surface area (Å²) in [5.74, 6) is -1.90. The predicted molar refractivity (Wildman–Crippen MR) is 320 cm³/mol. The first-order valence-electron chi connectivity index (χ1n) is 28.0. The molecule has 5 aliphatic heterocycles. The Hall–Kier alpha value is -8.59. The first-order valence-corrected chi connectivity index (χ1v) is 28.0. The van der Waals surface area contributed by atoms with E-state index in [0.29, 0.717) is 101 Å². The lowest BCUT2D eigenvalue weighted by Crippen LogP contribution is -2.21. The van der Waals surface area contributed by atoms with Crippen LogP contribution in [0.25, 0.3) is 12.2 Å². The molecular weight excluding hydrogens is 1040 g/mol. The van der Waals surface area contributed by atoms with Crippen molar-refractivity contribution in [2.75, 3.05) is 14.2 Å². The summed E-state index contributed by atoms with van der Waals surface area (Å²) in [6.45, 7) is 17.8. The number of rotatable bonds is 24. The molecule has 1 saturated heterocycles. The number of nitrogens with zero attached hydrogens (tertiary/aromatic N) is 3. The molecular formula is C67H74N4O11. The first-order chi connectivity index (χ1) is 39.2. The Morgan fingerprint density at radius 2 is 1.34 bits per heavy atom. The summed E-state index contributed by atoms with van der Waals surface area (Å²) >= 11 is 0. The van der Waals surface area contributed by atoms with Gasteiger partial charge in [-0.05, 0) is 166 Å². The number of allylic oxidation sites excluding steroid dienone is 14. The minimum atomic E-state index is -0.508. The van der Waals surface area contributed by atoms with Crippen molar-refractivity contribution < 1.29 is 53.2 Å². The number of esters is 3. The molecule has 0 amide bonds. The third-order valence-electron chi connectivity index (χ3n) is 15.5. The van der Waals surface area contributed by atoms with Gasteiger partial charge in [-0.3, -0.25) is 28.8 Å². The van der Waals surface area contributed by atoms with E-state index in [2.05, 4.69) is 25.7 Å². The average Bonchev–Trinajstić information content (AvgIpc) is 3.76. The van der Waals surface area contributed by atoms with Crippen molar-refractivity contribution in [3.05, 3.63) is 175 Å². The summed E-state index contributed by atoms with van der Waals surface area (Å²) in [5, 5.41) is 25.6. The lowest BCUT2D eigenvalue weighted by molar-refractivity contribution is -0.141. The van der Waals surface area contributed by atoms with Crippen LogP contribution in [0.15, 0.2) is 168 Å². The number of phenolic OH excluding ortho intramolecular Hbond substituents is 1. The van der Waals surface area contributed by atoms with Crippen LogP contribution in [0.2, 0.25) is 0 Å². The van der Waals surface area contributed by atoms with Gasteiger partial charge in [-0.1, -0.05) is 57.2 Å². The normalized spacial score (nSPS) is 18.3. The van der Waals surface area contributed by atoms with Gasteiger partial charge in [-0.15, -0.1) is 0 Å². The van der Waals surface area contributed by atoms with Gasteiger partial charge in [0, 0.05) is 72.1 Å². The van der Waals surface area contributed by atoms with E-state index >= 15 is 0 Å². The second-order valence-electron chi connectivity index (χ2n) is 21.2. The molecule has 3 N–H and O–H groups in total. The number of hydrogen-bond acceptors (Lipinski definition) is 15. The largest absolute Gasteiger partial charge is 0.512 e. The molecule has 0 radical (unpaired) electrons. The molecule has 0 aliphatic carbocycles. The Morgan fingerprint density at radius 1 is 0.695 bits per heavy atom. The van der Waals surface area contributed by atoms with E-state index in [-0.39, 0.29) is 85.2 Å². The number of ether oxygens (including phenoxy) is 3. The molecule has 5 heterocycles. The zero-order valence-corrected chi connectivity index (χ0v) is 48.5. The summed E-state index contributed by atoms with van der Waals surface area (Å²) in [4.78, 5) is 92.5. The molecule has 2 atom stereocenters. The van der Waals surface area contributed by atoms with Crippen LogP contribution in [0, 0.1) is 25.7 Å². The van der Waals surface area contributed by atoms with Gasteiger partial charge < -0.3 is 29.7 Å². The number of benzene rings is 2. The van der Waals surface area contributed by atoms with Crippen molar-refractivity contribution in [2.45, 2.75) is 132 Å². The smallest absolute Gasteiger partial charge is 0.311 e. The fourth-order valence-corrected chi connectivity index (χ4v) is 10.7. The molecule has 7 rings (SSSR count). The quantitative estimate of drug-likeness (QED) is 0.0223. The summed E-state index contributed by atoms with van der Waals surface area (Å²) in [6, 6.07) is 10.1. The minimum Gasteiger partial charge on any atom is -0.512 e. The first kappa shape index (κ1) is 61.0. The summed E-state index contributed by atoms with van der Waals surface area (Å²) < 4.78 is 16.0. The van der Waals surface area contributed by atoms with Gasteiger partial charge in [-0.2, -0.15) is 0 Å². The molecule has 0 aromatic heterocycles. The Morgan fingerprint density at radius 3 is 2.00 bits per heavy atom. The van der Waals surface area contributed by atoms with Crippen LogP contribution in [0.1, 0.15) is 140 Å². The van der Waals surface area contributed by atoms with Gasteiger partial charge in [0.2, 0.25) is 0 Å². The number of aliphatic hydroxyl groups is 1. The highest BCUT2D eigenvalue weighted by atomic mass is 16.5. The van der Waals surface area contributed by atoms with E-state index in [0.717, 1.165) is 56.4 Å². The lowest BCUT2D eigenvalue weighted by Gasteiger charge is -2.20. The van der Waals surface area contributed by atoms with E-state index in [4.69, 9.17) is 29.2 Å². The number of ketones is 3. The van der Waals surface area contributed by atoms with Crippen molar-refractivity contribution >= 4 is 64.5 Å². The second kappa shape index (κ2) is 27.7. The number of methoxy groups -OCH3 is 2. The predicted octanol–water partition coefficient (Wildman–Crippen LogP) is 12.8. The van der Waals surface area contributed by atoms with Crippen molar-refractivity contribution in [1.29, 1.82) is 0 Å². The molecule has 82 heavy (non-hydrogen) atoms. The van der Waals surface area contributed by atoms with Crippen molar-refractivity contribution in [1.82, 2.24) is 5.32 Å².